The molecule has 0 radical (unpaired) electrons. The third kappa shape index (κ3) is 4.33. The van der Waals surface area contributed by atoms with Gasteiger partial charge in [-0.25, -0.2) is 0 Å². The zero-order valence-electron chi connectivity index (χ0n) is 12.5. The van der Waals surface area contributed by atoms with Gasteiger partial charge in [0.1, 0.15) is 0 Å². The minimum absolute atomic E-state index is 0.167. The van der Waals surface area contributed by atoms with Gasteiger partial charge >= 0.3 is 0 Å². The van der Waals surface area contributed by atoms with Crippen LogP contribution in [-0.4, -0.2) is 23.4 Å². The van der Waals surface area contributed by atoms with Crippen molar-refractivity contribution in [1.82, 2.24) is 4.90 Å². The molecule has 2 nitrogen and oxygen atoms in total. The number of likely N-dealkylation sites (tertiary alicyclic amines) is 1. The van der Waals surface area contributed by atoms with Crippen LogP contribution >= 0.6 is 0 Å². The maximum Gasteiger partial charge on any atom is 0.222 e. The molecule has 2 heteroatoms. The number of hydrogen-bond acceptors (Lipinski definition) is 1. The minimum atomic E-state index is 0.167. The fourth-order valence-corrected chi connectivity index (χ4v) is 2.62. The number of piperidine rings is 1. The Kier molecular flexibility index (Phi) is 4.27. The fraction of sp³-hybridized carbons (Fsp3) is 0.933. The summed E-state index contributed by atoms with van der Waals surface area (Å²) in [5.74, 6) is 0.362. The van der Waals surface area contributed by atoms with Crippen molar-refractivity contribution in [3.63, 3.8) is 0 Å². The van der Waals surface area contributed by atoms with E-state index in [-0.39, 0.29) is 10.8 Å². The fourth-order valence-electron chi connectivity index (χ4n) is 2.62. The highest BCUT2D eigenvalue weighted by molar-refractivity contribution is 5.77. The van der Waals surface area contributed by atoms with E-state index in [0.717, 1.165) is 25.8 Å². The van der Waals surface area contributed by atoms with Crippen LogP contribution < -0.4 is 0 Å². The molecule has 1 aliphatic heterocycles. The van der Waals surface area contributed by atoms with Crippen molar-refractivity contribution < 1.29 is 4.79 Å². The van der Waals surface area contributed by atoms with Gasteiger partial charge in [-0.05, 0) is 30.1 Å². The normalized spacial score (nSPS) is 20.6. The Bertz CT molecular complexity index is 270. The first-order valence-corrected chi connectivity index (χ1v) is 6.91. The van der Waals surface area contributed by atoms with Crippen LogP contribution in [0.1, 0.15) is 67.2 Å². The summed E-state index contributed by atoms with van der Waals surface area (Å²) in [5, 5.41) is 0. The summed E-state index contributed by atoms with van der Waals surface area (Å²) in [4.78, 5) is 14.2. The van der Waals surface area contributed by atoms with Gasteiger partial charge in [0.15, 0.2) is 0 Å². The van der Waals surface area contributed by atoms with Gasteiger partial charge in [-0.1, -0.05) is 41.5 Å². The molecule has 1 fully saturated rings. The summed E-state index contributed by atoms with van der Waals surface area (Å²) < 4.78 is 0. The highest BCUT2D eigenvalue weighted by atomic mass is 16.2. The Labute approximate surface area is 107 Å². The second-order valence-electron chi connectivity index (χ2n) is 7.69. The predicted molar refractivity (Wildman–Crippen MR) is 72.9 cm³/mol. The molecule has 0 spiro atoms. The Balaban J connectivity index is 2.86. The molecule has 100 valence electrons. The SMILES string of the molecule is CC(C)(C)CC(N1CCCCC1=O)C(C)(C)C. The topological polar surface area (TPSA) is 20.3 Å². The van der Waals surface area contributed by atoms with Crippen molar-refractivity contribution in [3.8, 4) is 0 Å². The zero-order valence-corrected chi connectivity index (χ0v) is 12.5. The molecular weight excluding hydrogens is 210 g/mol. The van der Waals surface area contributed by atoms with Crippen LogP contribution in [0, 0.1) is 10.8 Å². The summed E-state index contributed by atoms with van der Waals surface area (Å²) >= 11 is 0. The Morgan fingerprint density at radius 3 is 2.12 bits per heavy atom. The standard InChI is InChI=1S/C15H29NO/c1-14(2,3)11-12(15(4,5)6)16-10-8-7-9-13(16)17/h12H,7-11H2,1-6H3. The first kappa shape index (κ1) is 14.5. The number of carbonyl (C=O) groups is 1. The predicted octanol–water partition coefficient (Wildman–Crippen LogP) is 3.85. The first-order chi connectivity index (χ1) is 7.61. The second kappa shape index (κ2) is 4.99. The van der Waals surface area contributed by atoms with E-state index < -0.39 is 0 Å². The van der Waals surface area contributed by atoms with Gasteiger partial charge in [0.05, 0.1) is 0 Å². The van der Waals surface area contributed by atoms with Crippen LogP contribution in [0.15, 0.2) is 0 Å². The van der Waals surface area contributed by atoms with E-state index in [1.807, 2.05) is 0 Å². The molecular formula is C15H29NO. The molecule has 1 rings (SSSR count). The Morgan fingerprint density at radius 2 is 1.71 bits per heavy atom. The maximum absolute atomic E-state index is 12.1. The lowest BCUT2D eigenvalue weighted by Crippen LogP contribution is -2.50. The highest BCUT2D eigenvalue weighted by Crippen LogP contribution is 2.35. The molecule has 1 unspecified atom stereocenters. The maximum atomic E-state index is 12.1. The molecule has 0 aliphatic carbocycles. The molecule has 1 amide bonds. The van der Waals surface area contributed by atoms with Crippen LogP contribution in [0.3, 0.4) is 0 Å². The molecule has 0 saturated carbocycles. The van der Waals surface area contributed by atoms with E-state index in [1.165, 1.54) is 6.42 Å². The molecule has 1 atom stereocenters. The summed E-state index contributed by atoms with van der Waals surface area (Å²) in [5.41, 5.74) is 0.440. The number of carbonyl (C=O) groups excluding carboxylic acids is 1. The average Bonchev–Trinajstić information content (AvgIpc) is 2.12. The highest BCUT2D eigenvalue weighted by Gasteiger charge is 2.36. The monoisotopic (exact) mass is 239 g/mol. The van der Waals surface area contributed by atoms with Crippen molar-refractivity contribution in [2.45, 2.75) is 73.3 Å². The van der Waals surface area contributed by atoms with E-state index in [0.29, 0.717) is 11.9 Å². The number of rotatable bonds is 2. The van der Waals surface area contributed by atoms with E-state index in [2.05, 4.69) is 46.4 Å². The van der Waals surface area contributed by atoms with Crippen molar-refractivity contribution in [2.75, 3.05) is 6.54 Å². The molecule has 0 aromatic heterocycles. The van der Waals surface area contributed by atoms with E-state index in [4.69, 9.17) is 0 Å². The van der Waals surface area contributed by atoms with Crippen LogP contribution in [0.2, 0.25) is 0 Å². The van der Waals surface area contributed by atoms with Gasteiger partial charge in [-0.3, -0.25) is 4.79 Å². The summed E-state index contributed by atoms with van der Waals surface area (Å²) in [6.45, 7) is 14.5. The summed E-state index contributed by atoms with van der Waals surface area (Å²) in [6, 6.07) is 0.371. The van der Waals surface area contributed by atoms with Crippen LogP contribution in [0.25, 0.3) is 0 Å². The number of nitrogens with zero attached hydrogens (tertiary/aromatic N) is 1. The van der Waals surface area contributed by atoms with E-state index >= 15 is 0 Å². The molecule has 1 saturated heterocycles. The third-order valence-corrected chi connectivity index (χ3v) is 3.54. The molecule has 0 bridgehead atoms. The van der Waals surface area contributed by atoms with Crippen LogP contribution in [-0.2, 0) is 4.79 Å². The Morgan fingerprint density at radius 1 is 1.12 bits per heavy atom. The smallest absolute Gasteiger partial charge is 0.222 e. The van der Waals surface area contributed by atoms with Crippen molar-refractivity contribution in [3.05, 3.63) is 0 Å². The molecule has 0 N–H and O–H groups in total. The van der Waals surface area contributed by atoms with Gasteiger partial charge in [0, 0.05) is 19.0 Å². The first-order valence-electron chi connectivity index (χ1n) is 6.91. The van der Waals surface area contributed by atoms with Crippen molar-refractivity contribution in [2.24, 2.45) is 10.8 Å². The van der Waals surface area contributed by atoms with Gasteiger partial charge in [-0.15, -0.1) is 0 Å². The van der Waals surface area contributed by atoms with E-state index in [9.17, 15) is 4.79 Å². The third-order valence-electron chi connectivity index (χ3n) is 3.54. The van der Waals surface area contributed by atoms with Gasteiger partial charge in [-0.2, -0.15) is 0 Å². The van der Waals surface area contributed by atoms with Crippen molar-refractivity contribution in [1.29, 1.82) is 0 Å². The summed E-state index contributed by atoms with van der Waals surface area (Å²) in [6.07, 6.45) is 4.07. The lowest BCUT2D eigenvalue weighted by molar-refractivity contribution is -0.139. The molecule has 1 aliphatic rings. The number of hydrogen-bond donors (Lipinski definition) is 0. The second-order valence-corrected chi connectivity index (χ2v) is 7.69. The van der Waals surface area contributed by atoms with Crippen LogP contribution in [0.4, 0.5) is 0 Å². The van der Waals surface area contributed by atoms with Gasteiger partial charge < -0.3 is 4.90 Å². The molecule has 17 heavy (non-hydrogen) atoms. The minimum Gasteiger partial charge on any atom is -0.339 e. The van der Waals surface area contributed by atoms with E-state index in [1.54, 1.807) is 0 Å². The largest absolute Gasteiger partial charge is 0.339 e. The van der Waals surface area contributed by atoms with Gasteiger partial charge in [0.2, 0.25) is 5.91 Å². The molecule has 0 aromatic carbocycles. The van der Waals surface area contributed by atoms with Gasteiger partial charge in [0.25, 0.3) is 0 Å². The number of amides is 1. The lowest BCUT2D eigenvalue weighted by atomic mass is 9.75. The molecule has 1 heterocycles. The summed E-state index contributed by atoms with van der Waals surface area (Å²) in [7, 11) is 0. The van der Waals surface area contributed by atoms with Crippen molar-refractivity contribution >= 4 is 5.91 Å². The quantitative estimate of drug-likeness (QED) is 0.716. The van der Waals surface area contributed by atoms with Crippen LogP contribution in [0.5, 0.6) is 0 Å². The zero-order chi connectivity index (χ0) is 13.3. The molecule has 0 aromatic rings. The lowest BCUT2D eigenvalue weighted by Gasteiger charge is -2.44. The Hall–Kier alpha value is -0.530. The average molecular weight is 239 g/mol.